The highest BCUT2D eigenvalue weighted by molar-refractivity contribution is 5.92. The molecule has 1 aliphatic heterocycles. The number of anilines is 1. The summed E-state index contributed by atoms with van der Waals surface area (Å²) in [7, 11) is 0. The molecule has 130 valence electrons. The topological polar surface area (TPSA) is 70.1 Å². The average Bonchev–Trinajstić information content (AvgIpc) is 3.11. The summed E-state index contributed by atoms with van der Waals surface area (Å²) in [5.41, 5.74) is 0.0419. The van der Waals surface area contributed by atoms with E-state index < -0.39 is 11.5 Å². The van der Waals surface area contributed by atoms with E-state index in [2.05, 4.69) is 0 Å². The van der Waals surface area contributed by atoms with Crippen molar-refractivity contribution < 1.29 is 19.4 Å². The second-order valence-corrected chi connectivity index (χ2v) is 6.46. The van der Waals surface area contributed by atoms with E-state index in [1.165, 1.54) is 0 Å². The first kappa shape index (κ1) is 16.8. The maximum Gasteiger partial charge on any atom is 0.323 e. The lowest BCUT2D eigenvalue weighted by Crippen LogP contribution is -2.61. The number of hydrogen-bond acceptors (Lipinski definition) is 4. The van der Waals surface area contributed by atoms with Gasteiger partial charge in [0.25, 0.3) is 0 Å². The molecule has 2 fully saturated rings. The van der Waals surface area contributed by atoms with E-state index in [1.807, 2.05) is 35.2 Å². The first-order chi connectivity index (χ1) is 11.6. The number of para-hydroxylation sites is 1. The minimum Gasteiger partial charge on any atom is -0.480 e. The van der Waals surface area contributed by atoms with Crippen LogP contribution < -0.4 is 4.90 Å². The summed E-state index contributed by atoms with van der Waals surface area (Å²) >= 11 is 0. The lowest BCUT2D eigenvalue weighted by molar-refractivity contribution is -0.141. The number of nitrogens with zero attached hydrogens (tertiary/aromatic N) is 2. The van der Waals surface area contributed by atoms with Crippen LogP contribution in [-0.2, 0) is 14.3 Å². The van der Waals surface area contributed by atoms with Gasteiger partial charge in [0, 0.05) is 18.8 Å². The third kappa shape index (κ3) is 3.24. The highest BCUT2D eigenvalue weighted by Gasteiger charge is 2.49. The van der Waals surface area contributed by atoms with E-state index in [-0.39, 0.29) is 12.5 Å². The van der Waals surface area contributed by atoms with Gasteiger partial charge in [0.1, 0.15) is 12.1 Å². The Hall–Kier alpha value is -2.08. The van der Waals surface area contributed by atoms with E-state index >= 15 is 0 Å². The summed E-state index contributed by atoms with van der Waals surface area (Å²) in [5, 5.41) is 9.43. The number of hydrogen-bond donors (Lipinski definition) is 1. The summed E-state index contributed by atoms with van der Waals surface area (Å²) in [5.74, 6) is -0.867. The van der Waals surface area contributed by atoms with Crippen LogP contribution in [0, 0.1) is 0 Å². The lowest BCUT2D eigenvalue weighted by Gasteiger charge is -2.44. The van der Waals surface area contributed by atoms with Crippen molar-refractivity contribution in [3.63, 3.8) is 0 Å². The van der Waals surface area contributed by atoms with Crippen LogP contribution in [0.4, 0.5) is 5.69 Å². The zero-order valence-electron chi connectivity index (χ0n) is 13.8. The molecule has 1 amide bonds. The minimum atomic E-state index is -0.917. The summed E-state index contributed by atoms with van der Waals surface area (Å²) in [4.78, 5) is 28.5. The Labute approximate surface area is 142 Å². The van der Waals surface area contributed by atoms with Gasteiger partial charge in [-0.3, -0.25) is 9.59 Å². The Kier molecular flexibility index (Phi) is 5.04. The molecule has 6 nitrogen and oxygen atoms in total. The van der Waals surface area contributed by atoms with E-state index in [9.17, 15) is 14.7 Å². The summed E-state index contributed by atoms with van der Waals surface area (Å²) in [6, 6.07) is 9.43. The van der Waals surface area contributed by atoms with Gasteiger partial charge in [-0.1, -0.05) is 31.0 Å². The highest BCUT2D eigenvalue weighted by atomic mass is 16.5. The van der Waals surface area contributed by atoms with Gasteiger partial charge in [0.2, 0.25) is 5.91 Å². The molecular weight excluding hydrogens is 308 g/mol. The van der Waals surface area contributed by atoms with Crippen molar-refractivity contribution >= 4 is 17.6 Å². The number of carboxylic acids is 1. The fraction of sp³-hybridized carbons (Fsp3) is 0.556. The highest BCUT2D eigenvalue weighted by Crippen LogP contribution is 2.39. The molecule has 0 unspecified atom stereocenters. The molecule has 1 heterocycles. The predicted molar refractivity (Wildman–Crippen MR) is 90.0 cm³/mol. The molecule has 0 spiro atoms. The van der Waals surface area contributed by atoms with Crippen molar-refractivity contribution in [2.24, 2.45) is 0 Å². The smallest absolute Gasteiger partial charge is 0.323 e. The SMILES string of the molecule is O=C(O)CN(c1ccccc1)C1(C(=O)N2CCOCC2)CCCC1. The van der Waals surface area contributed by atoms with Gasteiger partial charge in [0.15, 0.2) is 0 Å². The van der Waals surface area contributed by atoms with Crippen LogP contribution in [0.1, 0.15) is 25.7 Å². The van der Waals surface area contributed by atoms with Crippen LogP contribution in [0.5, 0.6) is 0 Å². The van der Waals surface area contributed by atoms with Crippen LogP contribution in [-0.4, -0.2) is 60.3 Å². The number of ether oxygens (including phenoxy) is 1. The Morgan fingerprint density at radius 1 is 1.12 bits per heavy atom. The molecule has 6 heteroatoms. The summed E-state index contributed by atoms with van der Waals surface area (Å²) in [6.07, 6.45) is 3.29. The van der Waals surface area contributed by atoms with Crippen LogP contribution in [0.15, 0.2) is 30.3 Å². The van der Waals surface area contributed by atoms with Gasteiger partial charge < -0.3 is 19.6 Å². The predicted octanol–water partition coefficient (Wildman–Crippen LogP) is 1.75. The fourth-order valence-electron chi connectivity index (χ4n) is 3.85. The van der Waals surface area contributed by atoms with Crippen molar-refractivity contribution in [1.82, 2.24) is 4.90 Å². The van der Waals surface area contributed by atoms with Crippen molar-refractivity contribution in [1.29, 1.82) is 0 Å². The summed E-state index contributed by atoms with van der Waals surface area (Å²) < 4.78 is 5.35. The third-order valence-electron chi connectivity index (χ3n) is 5.01. The van der Waals surface area contributed by atoms with Crippen molar-refractivity contribution in [3.05, 3.63) is 30.3 Å². The Balaban J connectivity index is 1.96. The second-order valence-electron chi connectivity index (χ2n) is 6.46. The molecule has 0 bridgehead atoms. The van der Waals surface area contributed by atoms with E-state index in [0.29, 0.717) is 39.1 Å². The zero-order chi connectivity index (χ0) is 17.0. The monoisotopic (exact) mass is 332 g/mol. The number of carbonyl (C=O) groups excluding carboxylic acids is 1. The van der Waals surface area contributed by atoms with Gasteiger partial charge in [-0.2, -0.15) is 0 Å². The van der Waals surface area contributed by atoms with Gasteiger partial charge in [0.05, 0.1) is 13.2 Å². The number of rotatable bonds is 5. The maximum atomic E-state index is 13.4. The molecule has 1 aromatic carbocycles. The number of aliphatic carboxylic acids is 1. The molecule has 1 saturated carbocycles. The molecule has 0 radical (unpaired) electrons. The van der Waals surface area contributed by atoms with Crippen LogP contribution in [0.25, 0.3) is 0 Å². The number of benzene rings is 1. The molecule has 1 aromatic rings. The Morgan fingerprint density at radius 3 is 2.33 bits per heavy atom. The second kappa shape index (κ2) is 7.21. The molecule has 1 N–H and O–H groups in total. The molecule has 2 aliphatic rings. The van der Waals surface area contributed by atoms with Gasteiger partial charge >= 0.3 is 5.97 Å². The van der Waals surface area contributed by atoms with E-state index in [0.717, 1.165) is 18.5 Å². The maximum absolute atomic E-state index is 13.4. The number of amides is 1. The molecular formula is C18H24N2O4. The largest absolute Gasteiger partial charge is 0.480 e. The first-order valence-electron chi connectivity index (χ1n) is 8.55. The number of carboxylic acid groups (broad SMARTS) is 1. The Morgan fingerprint density at radius 2 is 1.75 bits per heavy atom. The standard InChI is InChI=1S/C18H24N2O4/c21-16(22)14-20(15-6-2-1-3-7-15)18(8-4-5-9-18)17(23)19-10-12-24-13-11-19/h1-3,6-7H,4-5,8-14H2,(H,21,22). The molecule has 0 aromatic heterocycles. The van der Waals surface area contributed by atoms with Crippen LogP contribution in [0.3, 0.4) is 0 Å². The third-order valence-corrected chi connectivity index (χ3v) is 5.01. The Bertz CT molecular complexity index is 578. The summed E-state index contributed by atoms with van der Waals surface area (Å²) in [6.45, 7) is 2.09. The molecule has 24 heavy (non-hydrogen) atoms. The van der Waals surface area contributed by atoms with Gasteiger partial charge in [-0.25, -0.2) is 0 Å². The number of carbonyl (C=O) groups is 2. The molecule has 1 saturated heterocycles. The lowest BCUT2D eigenvalue weighted by atomic mass is 9.91. The van der Waals surface area contributed by atoms with E-state index in [1.54, 1.807) is 4.90 Å². The van der Waals surface area contributed by atoms with Gasteiger partial charge in [-0.05, 0) is 25.0 Å². The quantitative estimate of drug-likeness (QED) is 0.889. The van der Waals surface area contributed by atoms with Crippen molar-refractivity contribution in [3.8, 4) is 0 Å². The van der Waals surface area contributed by atoms with E-state index in [4.69, 9.17) is 4.74 Å². The first-order valence-corrected chi connectivity index (χ1v) is 8.55. The normalized spacial score (nSPS) is 19.9. The fourth-order valence-corrected chi connectivity index (χ4v) is 3.85. The molecule has 0 atom stereocenters. The van der Waals surface area contributed by atoms with Crippen LogP contribution >= 0.6 is 0 Å². The number of morpholine rings is 1. The average molecular weight is 332 g/mol. The minimum absolute atomic E-state index is 0.0494. The molecule has 3 rings (SSSR count). The zero-order valence-corrected chi connectivity index (χ0v) is 13.8. The van der Waals surface area contributed by atoms with Crippen molar-refractivity contribution in [2.45, 2.75) is 31.2 Å². The van der Waals surface area contributed by atoms with Crippen LogP contribution in [0.2, 0.25) is 0 Å². The van der Waals surface area contributed by atoms with Gasteiger partial charge in [-0.15, -0.1) is 0 Å². The molecule has 1 aliphatic carbocycles. The van der Waals surface area contributed by atoms with Crippen molar-refractivity contribution in [2.75, 3.05) is 37.7 Å².